The smallest absolute Gasteiger partial charge is 0.0726 e. The van der Waals surface area contributed by atoms with E-state index in [4.69, 9.17) is 0 Å². The van der Waals surface area contributed by atoms with Gasteiger partial charge in [0.25, 0.3) is 0 Å². The Labute approximate surface area is 387 Å². The van der Waals surface area contributed by atoms with E-state index in [-0.39, 0.29) is 5.41 Å². The van der Waals surface area contributed by atoms with Crippen molar-refractivity contribution in [2.45, 2.75) is 24.7 Å². The van der Waals surface area contributed by atoms with Gasteiger partial charge in [-0.3, -0.25) is 0 Å². The van der Waals surface area contributed by atoms with Gasteiger partial charge in [0.15, 0.2) is 0 Å². The van der Waals surface area contributed by atoms with Crippen molar-refractivity contribution in [2.24, 2.45) is 0 Å². The fourth-order valence-corrected chi connectivity index (χ4v) is 11.9. The monoisotopic (exact) mass is 842 g/mol. The van der Waals surface area contributed by atoms with Gasteiger partial charge in [0.2, 0.25) is 0 Å². The molecule has 10 aromatic carbocycles. The summed E-state index contributed by atoms with van der Waals surface area (Å²) in [5, 5.41) is 0. The van der Waals surface area contributed by atoms with Gasteiger partial charge < -0.3 is 9.80 Å². The Kier molecular flexibility index (Phi) is 8.51. The molecule has 0 atom stereocenters. The lowest BCUT2D eigenvalue weighted by Crippen LogP contribution is -2.31. The van der Waals surface area contributed by atoms with Crippen LogP contribution < -0.4 is 9.80 Å². The van der Waals surface area contributed by atoms with Crippen molar-refractivity contribution >= 4 is 34.1 Å². The quantitative estimate of drug-likeness (QED) is 0.165. The standard InChI is InChI=1S/C64H46N2/c1-63(2)56-33-15-16-35-58(56)66(46-23-7-4-8-24-46)60-37-18-29-49(62(60)63)45-22-17-25-48(42-45)65(47-40-38-44(39-41-47)43-20-5-3-6-21-43)59-36-19-34-57-61(59)52-28-11-14-32-55(52)64(57)53-30-12-9-26-50(53)51-27-10-13-31-54(51)64/h3-42H,1-2H3. The van der Waals surface area contributed by atoms with Gasteiger partial charge in [0, 0.05) is 28.0 Å². The summed E-state index contributed by atoms with van der Waals surface area (Å²) >= 11 is 0. The van der Waals surface area contributed by atoms with Gasteiger partial charge in [-0.15, -0.1) is 0 Å². The van der Waals surface area contributed by atoms with E-state index in [1.54, 1.807) is 0 Å². The lowest BCUT2D eigenvalue weighted by atomic mass is 9.70. The third-order valence-corrected chi connectivity index (χ3v) is 14.6. The molecule has 1 aliphatic heterocycles. The van der Waals surface area contributed by atoms with E-state index in [0.717, 1.165) is 22.7 Å². The Balaban J connectivity index is 1.04. The summed E-state index contributed by atoms with van der Waals surface area (Å²) in [5.74, 6) is 0. The van der Waals surface area contributed by atoms with Gasteiger partial charge in [0.05, 0.1) is 22.5 Å². The van der Waals surface area contributed by atoms with Crippen LogP contribution in [-0.4, -0.2) is 0 Å². The largest absolute Gasteiger partial charge is 0.310 e. The SMILES string of the molecule is CC1(C)c2ccccc2N(c2ccccc2)c2cccc(-c3cccc(N(c4ccc(-c5ccccc5)cc4)c4cccc5c4-c4ccccc4C54c5ccccc5-c5ccccc54)c3)c21. The molecule has 10 aromatic rings. The molecular weight excluding hydrogens is 797 g/mol. The Morgan fingerprint density at radius 3 is 1.56 bits per heavy atom. The predicted molar refractivity (Wildman–Crippen MR) is 275 cm³/mol. The molecule has 66 heavy (non-hydrogen) atoms. The maximum Gasteiger partial charge on any atom is 0.0726 e. The number of para-hydroxylation sites is 2. The molecule has 0 N–H and O–H groups in total. The highest BCUT2D eigenvalue weighted by Gasteiger charge is 2.52. The van der Waals surface area contributed by atoms with Crippen LogP contribution in [-0.2, 0) is 10.8 Å². The van der Waals surface area contributed by atoms with Crippen LogP contribution in [0.4, 0.5) is 34.1 Å². The second-order valence-electron chi connectivity index (χ2n) is 18.4. The van der Waals surface area contributed by atoms with Crippen LogP contribution in [0.2, 0.25) is 0 Å². The summed E-state index contributed by atoms with van der Waals surface area (Å²) < 4.78 is 0. The zero-order chi connectivity index (χ0) is 44.0. The zero-order valence-electron chi connectivity index (χ0n) is 37.0. The van der Waals surface area contributed by atoms with Crippen molar-refractivity contribution in [2.75, 3.05) is 9.80 Å². The van der Waals surface area contributed by atoms with E-state index in [0.29, 0.717) is 0 Å². The number of fused-ring (bicyclic) bond motifs is 12. The van der Waals surface area contributed by atoms with Gasteiger partial charge in [0.1, 0.15) is 0 Å². The van der Waals surface area contributed by atoms with Crippen molar-refractivity contribution in [1.29, 1.82) is 0 Å². The van der Waals surface area contributed by atoms with Crippen LogP contribution in [0.15, 0.2) is 243 Å². The van der Waals surface area contributed by atoms with Crippen LogP contribution in [0.5, 0.6) is 0 Å². The fourth-order valence-electron chi connectivity index (χ4n) is 11.9. The van der Waals surface area contributed by atoms with Crippen molar-refractivity contribution in [3.05, 3.63) is 276 Å². The molecule has 2 aliphatic carbocycles. The van der Waals surface area contributed by atoms with Crippen LogP contribution >= 0.6 is 0 Å². The topological polar surface area (TPSA) is 6.48 Å². The first-order chi connectivity index (χ1) is 32.5. The second-order valence-corrected chi connectivity index (χ2v) is 18.4. The first-order valence-electron chi connectivity index (χ1n) is 23.1. The molecule has 2 heteroatoms. The minimum Gasteiger partial charge on any atom is -0.310 e. The summed E-state index contributed by atoms with van der Waals surface area (Å²) in [4.78, 5) is 4.95. The molecule has 0 saturated carbocycles. The first-order valence-corrected chi connectivity index (χ1v) is 23.1. The molecule has 3 aliphatic rings. The van der Waals surface area contributed by atoms with E-state index in [9.17, 15) is 0 Å². The van der Waals surface area contributed by atoms with Gasteiger partial charge in [-0.05, 0) is 127 Å². The number of rotatable bonds is 6. The molecule has 0 unspecified atom stereocenters. The van der Waals surface area contributed by atoms with Crippen LogP contribution in [0.3, 0.4) is 0 Å². The molecular formula is C64H46N2. The summed E-state index contributed by atoms with van der Waals surface area (Å²) in [6, 6.07) is 89.9. The Morgan fingerprint density at radius 1 is 0.348 bits per heavy atom. The average Bonchev–Trinajstić information content (AvgIpc) is 3.85. The third-order valence-electron chi connectivity index (χ3n) is 14.6. The number of hydrogen-bond acceptors (Lipinski definition) is 2. The molecule has 0 bridgehead atoms. The van der Waals surface area contributed by atoms with E-state index in [1.165, 1.54) is 89.3 Å². The molecule has 0 fully saturated rings. The van der Waals surface area contributed by atoms with E-state index in [2.05, 4.69) is 266 Å². The Hall–Kier alpha value is -8.20. The van der Waals surface area contributed by atoms with Crippen molar-refractivity contribution in [3.63, 3.8) is 0 Å². The summed E-state index contributed by atoms with van der Waals surface area (Å²) in [6.45, 7) is 4.78. The number of benzene rings is 10. The van der Waals surface area contributed by atoms with Crippen LogP contribution in [0, 0.1) is 0 Å². The molecule has 1 spiro atoms. The zero-order valence-corrected chi connectivity index (χ0v) is 37.0. The van der Waals surface area contributed by atoms with Crippen molar-refractivity contribution < 1.29 is 0 Å². The number of nitrogens with zero attached hydrogens (tertiary/aromatic N) is 2. The number of hydrogen-bond donors (Lipinski definition) is 0. The van der Waals surface area contributed by atoms with Gasteiger partial charge >= 0.3 is 0 Å². The predicted octanol–water partition coefficient (Wildman–Crippen LogP) is 16.9. The second kappa shape index (κ2) is 14.7. The van der Waals surface area contributed by atoms with Crippen molar-refractivity contribution in [1.82, 2.24) is 0 Å². The molecule has 0 radical (unpaired) electrons. The number of anilines is 6. The van der Waals surface area contributed by atoms with E-state index < -0.39 is 5.41 Å². The fraction of sp³-hybridized carbons (Fsp3) is 0.0625. The highest BCUT2D eigenvalue weighted by molar-refractivity contribution is 6.01. The molecule has 2 nitrogen and oxygen atoms in total. The summed E-state index contributed by atoms with van der Waals surface area (Å²) in [7, 11) is 0. The summed E-state index contributed by atoms with van der Waals surface area (Å²) in [5.41, 5.74) is 24.2. The average molecular weight is 843 g/mol. The van der Waals surface area contributed by atoms with E-state index >= 15 is 0 Å². The minimum atomic E-state index is -0.449. The van der Waals surface area contributed by atoms with Crippen LogP contribution in [0.25, 0.3) is 44.5 Å². The Bertz CT molecular complexity index is 3470. The first kappa shape index (κ1) is 38.3. The lowest BCUT2D eigenvalue weighted by Gasteiger charge is -2.43. The highest BCUT2D eigenvalue weighted by atomic mass is 15.2. The normalized spacial score (nSPS) is 14.1. The minimum absolute atomic E-state index is 0.275. The Morgan fingerprint density at radius 2 is 0.848 bits per heavy atom. The maximum atomic E-state index is 2.51. The maximum absolute atomic E-state index is 2.51. The van der Waals surface area contributed by atoms with Gasteiger partial charge in [-0.1, -0.05) is 202 Å². The molecule has 0 amide bonds. The molecule has 1 heterocycles. The molecule has 0 aromatic heterocycles. The molecule has 13 rings (SSSR count). The molecule has 0 saturated heterocycles. The lowest BCUT2D eigenvalue weighted by molar-refractivity contribution is 0.633. The highest BCUT2D eigenvalue weighted by Crippen LogP contribution is 2.65. The van der Waals surface area contributed by atoms with Gasteiger partial charge in [-0.2, -0.15) is 0 Å². The third kappa shape index (κ3) is 5.42. The van der Waals surface area contributed by atoms with Gasteiger partial charge in [-0.25, -0.2) is 0 Å². The molecule has 312 valence electrons. The van der Waals surface area contributed by atoms with Crippen LogP contribution in [0.1, 0.15) is 47.2 Å². The summed E-state index contributed by atoms with van der Waals surface area (Å²) in [6.07, 6.45) is 0. The van der Waals surface area contributed by atoms with E-state index in [1.807, 2.05) is 0 Å². The van der Waals surface area contributed by atoms with Crippen molar-refractivity contribution in [3.8, 4) is 44.5 Å².